The molecule has 1 heterocycles. The fourth-order valence-corrected chi connectivity index (χ4v) is 8.69. The van der Waals surface area contributed by atoms with Gasteiger partial charge in [0, 0.05) is 26.4 Å². The number of allylic oxidation sites excluding steroid dienone is 1. The summed E-state index contributed by atoms with van der Waals surface area (Å²) in [5.41, 5.74) is -0.608. The lowest BCUT2D eigenvalue weighted by molar-refractivity contribution is -0.192. The van der Waals surface area contributed by atoms with Gasteiger partial charge in [-0.05, 0) is 59.3 Å². The molecule has 10 nitrogen and oxygen atoms in total. The van der Waals surface area contributed by atoms with Crippen molar-refractivity contribution in [1.82, 2.24) is 0 Å². The van der Waals surface area contributed by atoms with Gasteiger partial charge in [0.2, 0.25) is 0 Å². The Labute approximate surface area is 350 Å². The lowest BCUT2D eigenvalue weighted by atomic mass is 9.66. The molecule has 7 atom stereocenters. The van der Waals surface area contributed by atoms with Crippen molar-refractivity contribution in [2.45, 2.75) is 230 Å². The monoisotopic (exact) mass is 829 g/mol. The Bertz CT molecular complexity index is 1140. The molecule has 1 saturated carbocycles. The number of aliphatic hydroxyl groups excluding tert-OH is 1. The number of ether oxygens (including phenoxy) is 5. The Balaban J connectivity index is 1.51. The van der Waals surface area contributed by atoms with E-state index in [0.717, 1.165) is 51.4 Å². The average molecular weight is 830 g/mol. The van der Waals surface area contributed by atoms with Crippen molar-refractivity contribution < 1.29 is 48.3 Å². The number of hydrogen-bond donors (Lipinski definition) is 2. The molecule has 1 aliphatic carbocycles. The highest BCUT2D eigenvalue weighted by Gasteiger charge is 2.67. The van der Waals surface area contributed by atoms with Gasteiger partial charge in [-0.15, -0.1) is 11.6 Å². The molecule has 57 heavy (non-hydrogen) atoms. The number of hydrogen-bond acceptors (Lipinski definition) is 10. The van der Waals surface area contributed by atoms with Crippen LogP contribution in [-0.4, -0.2) is 89.9 Å². The maximum atomic E-state index is 12.9. The topological polar surface area (TPSA) is 141 Å². The zero-order valence-corrected chi connectivity index (χ0v) is 37.3. The lowest BCUT2D eigenvalue weighted by Gasteiger charge is -2.48. The van der Waals surface area contributed by atoms with Crippen LogP contribution < -0.4 is 0 Å². The van der Waals surface area contributed by atoms with Crippen molar-refractivity contribution in [3.63, 3.8) is 0 Å². The summed E-state index contributed by atoms with van der Waals surface area (Å²) in [6.07, 6.45) is 25.1. The summed E-state index contributed by atoms with van der Waals surface area (Å²) in [5.74, 6) is -1.39. The number of unbranched alkanes of at least 4 members (excludes halogenated alkanes) is 18. The molecule has 0 spiro atoms. The van der Waals surface area contributed by atoms with Gasteiger partial charge in [-0.2, -0.15) is 0 Å². The van der Waals surface area contributed by atoms with E-state index in [9.17, 15) is 24.6 Å². The maximum Gasteiger partial charge on any atom is 0.306 e. The SMILES string of the molecule is CCCCCCCCCCCCCCCCC(=O)OCC(CO)OC(=O)CCCCCCCCC(=O)OC1CC[C@](O)(CCl)[C@@H]([C@@]2(C)OC2CC=C(C)C)[C@@H]1OC. The highest BCUT2D eigenvalue weighted by Crippen LogP contribution is 2.55. The summed E-state index contributed by atoms with van der Waals surface area (Å²) in [4.78, 5) is 37.4. The van der Waals surface area contributed by atoms with Crippen LogP contribution in [0.4, 0.5) is 0 Å². The fourth-order valence-electron chi connectivity index (χ4n) is 8.39. The molecule has 2 N–H and O–H groups in total. The highest BCUT2D eigenvalue weighted by molar-refractivity contribution is 6.18. The summed E-state index contributed by atoms with van der Waals surface area (Å²) in [6.45, 7) is 7.81. The third-order valence-electron chi connectivity index (χ3n) is 11.9. The number of rotatable bonds is 34. The maximum absolute atomic E-state index is 12.9. The Morgan fingerprint density at radius 3 is 1.75 bits per heavy atom. The minimum atomic E-state index is -1.18. The third-order valence-corrected chi connectivity index (χ3v) is 12.4. The van der Waals surface area contributed by atoms with Crippen molar-refractivity contribution in [3.05, 3.63) is 11.6 Å². The van der Waals surface area contributed by atoms with E-state index < -0.39 is 48.0 Å². The first-order valence-electron chi connectivity index (χ1n) is 22.7. The first-order valence-corrected chi connectivity index (χ1v) is 23.2. The van der Waals surface area contributed by atoms with Crippen molar-refractivity contribution in [2.24, 2.45) is 5.92 Å². The zero-order chi connectivity index (χ0) is 41.9. The highest BCUT2D eigenvalue weighted by atomic mass is 35.5. The second-order valence-corrected chi connectivity index (χ2v) is 17.5. The van der Waals surface area contributed by atoms with E-state index in [4.69, 9.17) is 35.3 Å². The molecule has 332 valence electrons. The van der Waals surface area contributed by atoms with Crippen LogP contribution in [0.2, 0.25) is 0 Å². The molecule has 0 amide bonds. The molecule has 2 fully saturated rings. The first-order chi connectivity index (χ1) is 27.4. The molecule has 0 radical (unpaired) electrons. The second-order valence-electron chi connectivity index (χ2n) is 17.2. The number of alkyl halides is 1. The number of esters is 3. The predicted octanol–water partition coefficient (Wildman–Crippen LogP) is 10.2. The van der Waals surface area contributed by atoms with E-state index in [0.29, 0.717) is 38.5 Å². The van der Waals surface area contributed by atoms with Crippen molar-refractivity contribution in [2.75, 3.05) is 26.2 Å². The van der Waals surface area contributed by atoms with Crippen LogP contribution >= 0.6 is 11.6 Å². The van der Waals surface area contributed by atoms with Crippen LogP contribution in [0.5, 0.6) is 0 Å². The molecule has 3 unspecified atom stereocenters. The minimum Gasteiger partial charge on any atom is -0.462 e. The average Bonchev–Trinajstić information content (AvgIpc) is 3.86. The van der Waals surface area contributed by atoms with Crippen LogP contribution in [0.25, 0.3) is 0 Å². The molecule has 2 rings (SSSR count). The van der Waals surface area contributed by atoms with Gasteiger partial charge in [-0.1, -0.05) is 128 Å². The molecule has 11 heteroatoms. The van der Waals surface area contributed by atoms with Crippen molar-refractivity contribution in [1.29, 1.82) is 0 Å². The smallest absolute Gasteiger partial charge is 0.306 e. The van der Waals surface area contributed by atoms with Crippen LogP contribution in [0.1, 0.15) is 195 Å². The van der Waals surface area contributed by atoms with Crippen LogP contribution in [-0.2, 0) is 38.1 Å². The molecule has 2 aliphatic rings. The quantitative estimate of drug-likeness (QED) is 0.0161. The molecule has 1 saturated heterocycles. The van der Waals surface area contributed by atoms with E-state index in [1.165, 1.54) is 76.2 Å². The first kappa shape index (κ1) is 51.4. The molecule has 0 aromatic carbocycles. The summed E-state index contributed by atoms with van der Waals surface area (Å²) in [6, 6.07) is 0. The van der Waals surface area contributed by atoms with Crippen LogP contribution in [0.15, 0.2) is 11.6 Å². The van der Waals surface area contributed by atoms with E-state index in [2.05, 4.69) is 13.0 Å². The Morgan fingerprint density at radius 1 is 0.789 bits per heavy atom. The number of halogens is 1. The van der Waals surface area contributed by atoms with Crippen molar-refractivity contribution >= 4 is 29.5 Å². The normalized spacial score (nSPS) is 24.8. The minimum absolute atomic E-state index is 0.0492. The van der Waals surface area contributed by atoms with Gasteiger partial charge in [0.25, 0.3) is 0 Å². The van der Waals surface area contributed by atoms with E-state index in [1.54, 1.807) is 7.11 Å². The summed E-state index contributed by atoms with van der Waals surface area (Å²) in [5, 5.41) is 21.2. The number of carbonyl (C=O) groups is 3. The Morgan fingerprint density at radius 2 is 1.28 bits per heavy atom. The summed E-state index contributed by atoms with van der Waals surface area (Å²) in [7, 11) is 1.58. The fraction of sp³-hybridized carbons (Fsp3) is 0.891. The van der Waals surface area contributed by atoms with E-state index in [1.807, 2.05) is 20.8 Å². The van der Waals surface area contributed by atoms with Crippen LogP contribution in [0.3, 0.4) is 0 Å². The number of carbonyl (C=O) groups excluding carboxylic acids is 3. The standard InChI is InChI=1S/C46H81ClO10/c1-6-7-8-9-10-11-12-13-14-15-16-17-20-23-26-40(49)54-34-37(33-48)55-41(50)27-24-21-18-19-22-25-28-42(51)56-38-31-32-46(52,35-47)44(43(38)53-5)45(4)39(57-45)30-29-36(2)3/h29,37-39,43-44,48,52H,6-28,30-35H2,1-5H3/t37?,38?,39?,43-,44-,45+,46+/m1/s1. The van der Waals surface area contributed by atoms with E-state index in [-0.39, 0.29) is 37.0 Å². The van der Waals surface area contributed by atoms with E-state index >= 15 is 0 Å². The molecule has 0 aromatic heterocycles. The Kier molecular flexibility index (Phi) is 26.6. The van der Waals surface area contributed by atoms with Crippen molar-refractivity contribution in [3.8, 4) is 0 Å². The van der Waals surface area contributed by atoms with Gasteiger partial charge in [0.05, 0.1) is 30.1 Å². The van der Waals surface area contributed by atoms with Gasteiger partial charge in [0.1, 0.15) is 24.4 Å². The third kappa shape index (κ3) is 20.4. The molecule has 0 bridgehead atoms. The molecule has 1 aliphatic heterocycles. The Hall–Kier alpha value is -1.72. The number of methoxy groups -OCH3 is 1. The molecular formula is C46H81ClO10. The summed E-state index contributed by atoms with van der Waals surface area (Å²) >= 11 is 6.31. The van der Waals surface area contributed by atoms with Gasteiger partial charge < -0.3 is 33.9 Å². The van der Waals surface area contributed by atoms with Gasteiger partial charge in [0.15, 0.2) is 6.10 Å². The molecule has 0 aromatic rings. The summed E-state index contributed by atoms with van der Waals surface area (Å²) < 4.78 is 28.6. The number of epoxide rings is 1. The zero-order valence-electron chi connectivity index (χ0n) is 36.5. The number of aliphatic hydroxyl groups is 2. The predicted molar refractivity (Wildman–Crippen MR) is 226 cm³/mol. The van der Waals surface area contributed by atoms with Gasteiger partial charge >= 0.3 is 17.9 Å². The molecular weight excluding hydrogens is 748 g/mol. The van der Waals surface area contributed by atoms with Gasteiger partial charge in [-0.3, -0.25) is 14.4 Å². The second kappa shape index (κ2) is 29.5. The lowest BCUT2D eigenvalue weighted by Crippen LogP contribution is -2.61. The van der Waals surface area contributed by atoms with Gasteiger partial charge in [-0.25, -0.2) is 0 Å². The van der Waals surface area contributed by atoms with Crippen LogP contribution in [0, 0.1) is 5.92 Å². The largest absolute Gasteiger partial charge is 0.462 e.